The molecule has 0 aromatic heterocycles. The number of carbonyl (C=O) groups is 1. The summed E-state index contributed by atoms with van der Waals surface area (Å²) in [6, 6.07) is 4.26. The van der Waals surface area contributed by atoms with Gasteiger partial charge in [-0.3, -0.25) is 14.9 Å². The van der Waals surface area contributed by atoms with Gasteiger partial charge >= 0.3 is 5.97 Å². The molecule has 0 fully saturated rings. The zero-order chi connectivity index (χ0) is 12.3. The maximum atomic E-state index is 11.4. The lowest BCUT2D eigenvalue weighted by Crippen LogP contribution is -2.15. The Morgan fingerprint density at radius 2 is 2.06 bits per heavy atom. The molecule has 0 aliphatic carbocycles. The highest BCUT2D eigenvalue weighted by Gasteiger charge is 2.20. The minimum absolute atomic E-state index is 0.371. The van der Waals surface area contributed by atoms with Crippen molar-refractivity contribution in [1.82, 2.24) is 0 Å². The fourth-order valence-corrected chi connectivity index (χ4v) is 2.11. The van der Waals surface area contributed by atoms with E-state index in [0.29, 0.717) is 0 Å². The molecule has 16 heavy (non-hydrogen) atoms. The Kier molecular flexibility index (Phi) is 3.23. The average Bonchev–Trinajstić information content (AvgIpc) is 2.16. The van der Waals surface area contributed by atoms with Crippen molar-refractivity contribution >= 4 is 21.5 Å². The second-order valence-electron chi connectivity index (χ2n) is 2.91. The number of hydrogen-bond donors (Lipinski definition) is 1. The normalized spacial score (nSPS) is 11.0. The molecule has 0 atom stereocenters. The van der Waals surface area contributed by atoms with Crippen LogP contribution in [-0.2, 0) is 14.6 Å². The summed E-state index contributed by atoms with van der Waals surface area (Å²) in [6.07, 6.45) is 0. The number of benzene rings is 1. The van der Waals surface area contributed by atoms with Gasteiger partial charge in [0.05, 0.1) is 9.82 Å². The van der Waals surface area contributed by atoms with Gasteiger partial charge in [0, 0.05) is 12.1 Å². The highest BCUT2D eigenvalue weighted by molar-refractivity contribution is 7.92. The first-order chi connectivity index (χ1) is 7.33. The van der Waals surface area contributed by atoms with Gasteiger partial charge in [0.25, 0.3) is 5.69 Å². The zero-order valence-corrected chi connectivity index (χ0v) is 8.68. The van der Waals surface area contributed by atoms with Crippen LogP contribution < -0.4 is 0 Å². The van der Waals surface area contributed by atoms with Crippen LogP contribution in [0.5, 0.6) is 0 Å². The molecule has 0 saturated carbocycles. The molecule has 7 nitrogen and oxygen atoms in total. The molecule has 0 aliphatic rings. The van der Waals surface area contributed by atoms with Crippen molar-refractivity contribution in [2.24, 2.45) is 0 Å². The van der Waals surface area contributed by atoms with Gasteiger partial charge in [-0.05, 0) is 6.07 Å². The van der Waals surface area contributed by atoms with Gasteiger partial charge in [-0.1, -0.05) is 6.07 Å². The van der Waals surface area contributed by atoms with Crippen LogP contribution in [0.1, 0.15) is 0 Å². The quantitative estimate of drug-likeness (QED) is 0.608. The lowest BCUT2D eigenvalue weighted by Gasteiger charge is -2.00. The van der Waals surface area contributed by atoms with Gasteiger partial charge < -0.3 is 5.11 Å². The summed E-state index contributed by atoms with van der Waals surface area (Å²) >= 11 is 0. The first-order valence-electron chi connectivity index (χ1n) is 4.02. The summed E-state index contributed by atoms with van der Waals surface area (Å²) < 4.78 is 22.8. The van der Waals surface area contributed by atoms with Crippen molar-refractivity contribution in [3.05, 3.63) is 34.4 Å². The SMILES string of the molecule is O=C(O)CS(=O)(=O)c1cccc([N+](=O)[O-])c1. The number of nitro groups is 1. The second kappa shape index (κ2) is 4.27. The van der Waals surface area contributed by atoms with E-state index < -0.39 is 32.2 Å². The molecule has 0 heterocycles. The van der Waals surface area contributed by atoms with Crippen molar-refractivity contribution < 1.29 is 23.2 Å². The van der Waals surface area contributed by atoms with E-state index in [2.05, 4.69) is 0 Å². The molecule has 0 aliphatic heterocycles. The number of carboxylic acid groups (broad SMARTS) is 1. The highest BCUT2D eigenvalue weighted by Crippen LogP contribution is 2.18. The standard InChI is InChI=1S/C8H7NO6S/c10-8(11)5-16(14,15)7-3-1-2-6(4-7)9(12)13/h1-4H,5H2,(H,10,11). The van der Waals surface area contributed by atoms with Gasteiger partial charge in [0.2, 0.25) is 0 Å². The van der Waals surface area contributed by atoms with Crippen molar-refractivity contribution in [3.63, 3.8) is 0 Å². The fourth-order valence-electron chi connectivity index (χ4n) is 1.04. The van der Waals surface area contributed by atoms with Gasteiger partial charge in [-0.2, -0.15) is 0 Å². The first-order valence-corrected chi connectivity index (χ1v) is 5.67. The molecule has 1 aromatic carbocycles. The molecule has 0 spiro atoms. The van der Waals surface area contributed by atoms with E-state index in [1.165, 1.54) is 6.07 Å². The average molecular weight is 245 g/mol. The summed E-state index contributed by atoms with van der Waals surface area (Å²) in [7, 11) is -4.02. The smallest absolute Gasteiger partial charge is 0.319 e. The minimum atomic E-state index is -4.02. The molecule has 1 N–H and O–H groups in total. The zero-order valence-electron chi connectivity index (χ0n) is 7.86. The van der Waals surface area contributed by atoms with Crippen LogP contribution in [0, 0.1) is 10.1 Å². The molecular weight excluding hydrogens is 238 g/mol. The topological polar surface area (TPSA) is 115 Å². The summed E-state index contributed by atoms with van der Waals surface area (Å²) in [6.45, 7) is 0. The summed E-state index contributed by atoms with van der Waals surface area (Å²) in [4.78, 5) is 19.6. The van der Waals surface area contributed by atoms with E-state index in [4.69, 9.17) is 5.11 Å². The second-order valence-corrected chi connectivity index (χ2v) is 4.90. The van der Waals surface area contributed by atoms with Gasteiger partial charge in [-0.15, -0.1) is 0 Å². The lowest BCUT2D eigenvalue weighted by molar-refractivity contribution is -0.385. The number of nitro benzene ring substituents is 1. The number of hydrogen-bond acceptors (Lipinski definition) is 5. The number of nitrogens with zero attached hydrogens (tertiary/aromatic N) is 1. The van der Waals surface area contributed by atoms with E-state index >= 15 is 0 Å². The van der Waals surface area contributed by atoms with Crippen LogP contribution in [0.25, 0.3) is 0 Å². The van der Waals surface area contributed by atoms with E-state index in [9.17, 15) is 23.3 Å². The predicted molar refractivity (Wildman–Crippen MR) is 52.8 cm³/mol. The maximum absolute atomic E-state index is 11.4. The molecule has 0 amide bonds. The Bertz CT molecular complexity index is 535. The van der Waals surface area contributed by atoms with E-state index in [0.717, 1.165) is 18.2 Å². The van der Waals surface area contributed by atoms with E-state index in [-0.39, 0.29) is 4.90 Å². The molecule has 0 unspecified atom stereocenters. The van der Waals surface area contributed by atoms with Crippen molar-refractivity contribution in [2.45, 2.75) is 4.90 Å². The number of non-ortho nitro benzene ring substituents is 1. The van der Waals surface area contributed by atoms with Crippen molar-refractivity contribution in [1.29, 1.82) is 0 Å². The Labute approximate surface area is 90.4 Å². The minimum Gasteiger partial charge on any atom is -0.480 e. The van der Waals surface area contributed by atoms with E-state index in [1.54, 1.807) is 0 Å². The monoisotopic (exact) mass is 245 g/mol. The Morgan fingerprint density at radius 3 is 2.56 bits per heavy atom. The van der Waals surface area contributed by atoms with Crippen LogP contribution >= 0.6 is 0 Å². The molecule has 0 radical (unpaired) electrons. The first kappa shape index (κ1) is 12.1. The molecule has 1 rings (SSSR count). The van der Waals surface area contributed by atoms with Crippen LogP contribution in [0.15, 0.2) is 29.2 Å². The number of rotatable bonds is 4. The Morgan fingerprint density at radius 1 is 1.44 bits per heavy atom. The maximum Gasteiger partial charge on any atom is 0.319 e. The number of sulfone groups is 1. The largest absolute Gasteiger partial charge is 0.480 e. The number of aliphatic carboxylic acids is 1. The van der Waals surface area contributed by atoms with Gasteiger partial charge in [0.15, 0.2) is 15.6 Å². The van der Waals surface area contributed by atoms with Crippen LogP contribution in [-0.4, -0.2) is 30.2 Å². The summed E-state index contributed by atoms with van der Waals surface area (Å²) in [5, 5.41) is 18.8. The molecule has 8 heteroatoms. The molecule has 0 bridgehead atoms. The van der Waals surface area contributed by atoms with Crippen LogP contribution in [0.2, 0.25) is 0 Å². The van der Waals surface area contributed by atoms with Crippen LogP contribution in [0.4, 0.5) is 5.69 Å². The highest BCUT2D eigenvalue weighted by atomic mass is 32.2. The molecular formula is C8H7NO6S. The Hall–Kier alpha value is -1.96. The lowest BCUT2D eigenvalue weighted by atomic mass is 10.3. The predicted octanol–water partition coefficient (Wildman–Crippen LogP) is 0.453. The van der Waals surface area contributed by atoms with Crippen LogP contribution in [0.3, 0.4) is 0 Å². The third-order valence-corrected chi connectivity index (χ3v) is 3.30. The fraction of sp³-hybridized carbons (Fsp3) is 0.125. The van der Waals surface area contributed by atoms with Gasteiger partial charge in [-0.25, -0.2) is 8.42 Å². The molecule has 86 valence electrons. The third kappa shape index (κ3) is 2.76. The Balaban J connectivity index is 3.19. The third-order valence-electron chi connectivity index (χ3n) is 1.70. The molecule has 1 aromatic rings. The number of carboxylic acids is 1. The van der Waals surface area contributed by atoms with Gasteiger partial charge in [0.1, 0.15) is 0 Å². The summed E-state index contributed by atoms with van der Waals surface area (Å²) in [5.74, 6) is -2.60. The van der Waals surface area contributed by atoms with E-state index in [1.807, 2.05) is 0 Å². The molecule has 0 saturated heterocycles. The van der Waals surface area contributed by atoms with Crippen molar-refractivity contribution in [3.8, 4) is 0 Å². The van der Waals surface area contributed by atoms with Crippen molar-refractivity contribution in [2.75, 3.05) is 5.75 Å². The summed E-state index contributed by atoms with van der Waals surface area (Å²) in [5.41, 5.74) is -0.397.